The molecule has 2 aromatic carbocycles. The Morgan fingerprint density at radius 2 is 1.88 bits per heavy atom. The molecule has 7 nitrogen and oxygen atoms in total. The van der Waals surface area contributed by atoms with Gasteiger partial charge in [0.15, 0.2) is 23.1 Å². The van der Waals surface area contributed by atoms with Gasteiger partial charge in [0.25, 0.3) is 5.69 Å². The molecule has 0 aromatic heterocycles. The van der Waals surface area contributed by atoms with Crippen molar-refractivity contribution in [2.24, 2.45) is 0 Å². The number of nitro benzene ring substituents is 1. The Morgan fingerprint density at radius 1 is 1.19 bits per heavy atom. The Bertz CT molecular complexity index is 995. The highest BCUT2D eigenvalue weighted by atomic mass is 79.9. The average Bonchev–Trinajstić information content (AvgIpc) is 2.84. The SMILES string of the molecule is CCOc1cc(/C=C2/C(=O)c3ccc([N+](=O)[O-])cc3C2=O)cc(Br)c1O. The molecule has 26 heavy (non-hydrogen) atoms. The minimum atomic E-state index is -0.620. The zero-order chi connectivity index (χ0) is 19.0. The molecule has 0 fully saturated rings. The van der Waals surface area contributed by atoms with Gasteiger partial charge in [-0.25, -0.2) is 0 Å². The highest BCUT2D eigenvalue weighted by Crippen LogP contribution is 2.37. The van der Waals surface area contributed by atoms with E-state index in [0.717, 1.165) is 6.07 Å². The molecule has 0 saturated carbocycles. The van der Waals surface area contributed by atoms with Crippen LogP contribution in [0.15, 0.2) is 40.4 Å². The van der Waals surface area contributed by atoms with Gasteiger partial charge in [0.1, 0.15) is 0 Å². The molecule has 0 bridgehead atoms. The fraction of sp³-hybridized carbons (Fsp3) is 0.111. The predicted octanol–water partition coefficient (Wildman–Crippen LogP) is 3.92. The van der Waals surface area contributed by atoms with Crippen molar-refractivity contribution in [1.82, 2.24) is 0 Å². The molecule has 132 valence electrons. The van der Waals surface area contributed by atoms with Gasteiger partial charge in [-0.1, -0.05) is 0 Å². The average molecular weight is 418 g/mol. The largest absolute Gasteiger partial charge is 0.503 e. The number of nitro groups is 1. The van der Waals surface area contributed by atoms with Gasteiger partial charge in [0.05, 0.1) is 21.6 Å². The number of hydrogen-bond acceptors (Lipinski definition) is 6. The van der Waals surface area contributed by atoms with Crippen LogP contribution in [0.25, 0.3) is 6.08 Å². The molecule has 0 radical (unpaired) electrons. The van der Waals surface area contributed by atoms with Gasteiger partial charge in [0.2, 0.25) is 0 Å². The molecule has 0 atom stereocenters. The number of rotatable bonds is 4. The lowest BCUT2D eigenvalue weighted by Crippen LogP contribution is -2.00. The molecule has 0 amide bonds. The zero-order valence-electron chi connectivity index (χ0n) is 13.5. The molecule has 0 unspecified atom stereocenters. The maximum atomic E-state index is 12.5. The quantitative estimate of drug-likeness (QED) is 0.349. The lowest BCUT2D eigenvalue weighted by atomic mass is 10.1. The van der Waals surface area contributed by atoms with Gasteiger partial charge in [-0.15, -0.1) is 0 Å². The Morgan fingerprint density at radius 3 is 2.54 bits per heavy atom. The van der Waals surface area contributed by atoms with Crippen LogP contribution in [0.1, 0.15) is 33.2 Å². The molecule has 0 heterocycles. The number of halogens is 1. The zero-order valence-corrected chi connectivity index (χ0v) is 15.1. The van der Waals surface area contributed by atoms with Crippen molar-refractivity contribution in [3.8, 4) is 11.5 Å². The lowest BCUT2D eigenvalue weighted by molar-refractivity contribution is -0.384. The van der Waals surface area contributed by atoms with Crippen molar-refractivity contribution in [2.45, 2.75) is 6.92 Å². The van der Waals surface area contributed by atoms with Crippen LogP contribution in [-0.4, -0.2) is 28.2 Å². The van der Waals surface area contributed by atoms with Gasteiger partial charge in [0, 0.05) is 23.3 Å². The molecule has 0 spiro atoms. The number of phenolic OH excluding ortho intramolecular Hbond substituents is 1. The summed E-state index contributed by atoms with van der Waals surface area (Å²) in [4.78, 5) is 35.3. The van der Waals surface area contributed by atoms with E-state index in [1.165, 1.54) is 30.3 Å². The number of benzene rings is 2. The lowest BCUT2D eigenvalue weighted by Gasteiger charge is -2.08. The second-order valence-electron chi connectivity index (χ2n) is 5.49. The summed E-state index contributed by atoms with van der Waals surface area (Å²) in [5, 5.41) is 20.8. The number of aromatic hydroxyl groups is 1. The first-order chi connectivity index (χ1) is 12.3. The summed E-state index contributed by atoms with van der Waals surface area (Å²) in [6, 6.07) is 6.62. The van der Waals surface area contributed by atoms with E-state index in [-0.39, 0.29) is 33.9 Å². The molecule has 1 N–H and O–H groups in total. The molecule has 2 aromatic rings. The summed E-state index contributed by atoms with van der Waals surface area (Å²) in [5.41, 5.74) is 0.267. The third kappa shape index (κ3) is 2.99. The van der Waals surface area contributed by atoms with Gasteiger partial charge in [-0.2, -0.15) is 0 Å². The topological polar surface area (TPSA) is 107 Å². The van der Waals surface area contributed by atoms with Crippen LogP contribution in [0.3, 0.4) is 0 Å². The van der Waals surface area contributed by atoms with Crippen LogP contribution >= 0.6 is 15.9 Å². The van der Waals surface area contributed by atoms with Crippen LogP contribution in [0.4, 0.5) is 5.69 Å². The maximum Gasteiger partial charge on any atom is 0.270 e. The summed E-state index contributed by atoms with van der Waals surface area (Å²) in [6.07, 6.45) is 1.38. The fourth-order valence-corrected chi connectivity index (χ4v) is 3.13. The summed E-state index contributed by atoms with van der Waals surface area (Å²) >= 11 is 3.20. The number of carbonyl (C=O) groups excluding carboxylic acids is 2. The molecule has 0 saturated heterocycles. The van der Waals surface area contributed by atoms with E-state index < -0.39 is 16.5 Å². The van der Waals surface area contributed by atoms with Crippen LogP contribution < -0.4 is 4.74 Å². The highest BCUT2D eigenvalue weighted by Gasteiger charge is 2.34. The van der Waals surface area contributed by atoms with E-state index in [0.29, 0.717) is 16.6 Å². The van der Waals surface area contributed by atoms with E-state index >= 15 is 0 Å². The molecule has 1 aliphatic rings. The number of ketones is 2. The van der Waals surface area contributed by atoms with E-state index in [9.17, 15) is 24.8 Å². The van der Waals surface area contributed by atoms with Crippen LogP contribution in [0, 0.1) is 10.1 Å². The first-order valence-electron chi connectivity index (χ1n) is 7.58. The van der Waals surface area contributed by atoms with E-state index in [2.05, 4.69) is 15.9 Å². The number of ether oxygens (including phenoxy) is 1. The minimum Gasteiger partial charge on any atom is -0.503 e. The monoisotopic (exact) mass is 417 g/mol. The third-order valence-electron chi connectivity index (χ3n) is 3.85. The van der Waals surface area contributed by atoms with Crippen LogP contribution in [-0.2, 0) is 0 Å². The number of allylic oxidation sites excluding steroid dienone is 1. The minimum absolute atomic E-state index is 0.0123. The van der Waals surface area contributed by atoms with Crippen molar-refractivity contribution in [2.75, 3.05) is 6.61 Å². The number of phenols is 1. The van der Waals surface area contributed by atoms with E-state index in [1.807, 2.05) is 0 Å². The summed E-state index contributed by atoms with van der Waals surface area (Å²) in [5.74, 6) is -0.949. The number of non-ortho nitro benzene ring substituents is 1. The Balaban J connectivity index is 2.07. The summed E-state index contributed by atoms with van der Waals surface area (Å²) in [6.45, 7) is 2.08. The number of Topliss-reactive ketones (excluding diaryl/α,β-unsaturated/α-hetero) is 2. The molecular weight excluding hydrogens is 406 g/mol. The Hall–Kier alpha value is -3.00. The summed E-state index contributed by atoms with van der Waals surface area (Å²) in [7, 11) is 0. The first kappa shape index (κ1) is 17.8. The van der Waals surface area contributed by atoms with Gasteiger partial charge in [-0.05, 0) is 52.7 Å². The number of fused-ring (bicyclic) bond motifs is 1. The van der Waals surface area contributed by atoms with Crippen molar-refractivity contribution in [3.63, 3.8) is 0 Å². The van der Waals surface area contributed by atoms with Crippen molar-refractivity contribution < 1.29 is 24.4 Å². The second-order valence-corrected chi connectivity index (χ2v) is 6.34. The smallest absolute Gasteiger partial charge is 0.270 e. The molecule has 8 heteroatoms. The van der Waals surface area contributed by atoms with Gasteiger partial charge >= 0.3 is 0 Å². The molecular formula is C18H12BrNO6. The predicted molar refractivity (Wildman–Crippen MR) is 96.7 cm³/mol. The van der Waals surface area contributed by atoms with Crippen molar-refractivity contribution >= 4 is 39.3 Å². The third-order valence-corrected chi connectivity index (χ3v) is 4.46. The highest BCUT2D eigenvalue weighted by molar-refractivity contribution is 9.10. The Labute approximate surface area is 156 Å². The Kier molecular flexibility index (Phi) is 4.60. The van der Waals surface area contributed by atoms with Gasteiger partial charge in [-0.3, -0.25) is 19.7 Å². The number of hydrogen-bond donors (Lipinski definition) is 1. The van der Waals surface area contributed by atoms with E-state index in [1.54, 1.807) is 6.92 Å². The van der Waals surface area contributed by atoms with Gasteiger partial charge < -0.3 is 9.84 Å². The van der Waals surface area contributed by atoms with Crippen LogP contribution in [0.5, 0.6) is 11.5 Å². The summed E-state index contributed by atoms with van der Waals surface area (Å²) < 4.78 is 5.67. The number of carbonyl (C=O) groups is 2. The molecule has 0 aliphatic heterocycles. The van der Waals surface area contributed by atoms with E-state index in [4.69, 9.17) is 4.74 Å². The normalized spacial score (nSPS) is 14.6. The van der Waals surface area contributed by atoms with Crippen LogP contribution in [0.2, 0.25) is 0 Å². The number of nitrogens with zero attached hydrogens (tertiary/aromatic N) is 1. The fourth-order valence-electron chi connectivity index (χ4n) is 2.67. The second kappa shape index (κ2) is 6.72. The van der Waals surface area contributed by atoms with Crippen molar-refractivity contribution in [1.29, 1.82) is 0 Å². The van der Waals surface area contributed by atoms with Crippen molar-refractivity contribution in [3.05, 3.63) is 67.2 Å². The molecule has 1 aliphatic carbocycles. The standard InChI is InChI=1S/C18H12BrNO6/c1-2-26-15-7-9(6-14(19)18(15)23)5-13-16(21)11-4-3-10(20(24)25)8-12(11)17(13)22/h3-8,23H,2H2,1H3/b13-5-. The molecule has 3 rings (SSSR count). The first-order valence-corrected chi connectivity index (χ1v) is 8.37. The maximum absolute atomic E-state index is 12.5.